The number of carbonyl (C=O) groups is 1. The van der Waals surface area contributed by atoms with Crippen molar-refractivity contribution in [2.75, 3.05) is 4.90 Å². The van der Waals surface area contributed by atoms with Crippen LogP contribution in [-0.4, -0.2) is 15.3 Å². The van der Waals surface area contributed by atoms with Gasteiger partial charge in [0, 0.05) is 23.3 Å². The topological polar surface area (TPSA) is 54.7 Å². The van der Waals surface area contributed by atoms with E-state index in [-0.39, 0.29) is 11.1 Å². The van der Waals surface area contributed by atoms with Gasteiger partial charge in [0.15, 0.2) is 0 Å². The number of aryl methyl sites for hydroxylation is 1. The van der Waals surface area contributed by atoms with Crippen molar-refractivity contribution in [1.82, 2.24) is 9.38 Å². The molecule has 0 saturated heterocycles. The minimum absolute atomic E-state index is 0.0227. The Kier molecular flexibility index (Phi) is 4.26. The lowest BCUT2D eigenvalue weighted by Gasteiger charge is -2.23. The summed E-state index contributed by atoms with van der Waals surface area (Å²) in [6, 6.07) is 23.9. The van der Waals surface area contributed by atoms with Crippen molar-refractivity contribution in [2.45, 2.75) is 6.92 Å². The monoisotopic (exact) mass is 355 g/mol. The zero-order valence-electron chi connectivity index (χ0n) is 14.7. The van der Waals surface area contributed by atoms with Gasteiger partial charge in [-0.25, -0.2) is 4.98 Å². The van der Waals surface area contributed by atoms with E-state index in [4.69, 9.17) is 0 Å². The minimum atomic E-state index is -0.414. The smallest absolute Gasteiger partial charge is 0.270 e. The number of amides is 1. The molecule has 0 N–H and O–H groups in total. The Morgan fingerprint density at radius 1 is 0.852 bits per heavy atom. The number of pyridine rings is 1. The summed E-state index contributed by atoms with van der Waals surface area (Å²) < 4.78 is 1.46. The Bertz CT molecular complexity index is 1130. The maximum atomic E-state index is 13.4. The molecule has 4 rings (SSSR count). The number of benzene rings is 2. The lowest BCUT2D eigenvalue weighted by Crippen LogP contribution is -2.33. The number of aromatic nitrogens is 2. The number of hydrogen-bond donors (Lipinski definition) is 0. The molecule has 4 aromatic rings. The third kappa shape index (κ3) is 3.00. The van der Waals surface area contributed by atoms with Crippen LogP contribution in [0.4, 0.5) is 11.4 Å². The molecule has 0 spiro atoms. The van der Waals surface area contributed by atoms with Gasteiger partial charge in [-0.15, -0.1) is 0 Å². The van der Waals surface area contributed by atoms with Gasteiger partial charge in [0.05, 0.1) is 0 Å². The van der Waals surface area contributed by atoms with Gasteiger partial charge in [-0.2, -0.15) is 0 Å². The average molecular weight is 355 g/mol. The van der Waals surface area contributed by atoms with E-state index in [0.29, 0.717) is 17.0 Å². The van der Waals surface area contributed by atoms with E-state index in [2.05, 4.69) is 4.98 Å². The molecule has 0 atom stereocenters. The Morgan fingerprint density at radius 2 is 1.44 bits per heavy atom. The van der Waals surface area contributed by atoms with Crippen molar-refractivity contribution in [1.29, 1.82) is 0 Å². The second kappa shape index (κ2) is 6.88. The summed E-state index contributed by atoms with van der Waals surface area (Å²) in [5, 5.41) is 0. The fraction of sp³-hybridized carbons (Fsp3) is 0.0455. The van der Waals surface area contributed by atoms with Gasteiger partial charge in [-0.1, -0.05) is 42.5 Å². The van der Waals surface area contributed by atoms with Crippen molar-refractivity contribution >= 4 is 22.9 Å². The maximum Gasteiger partial charge on any atom is 0.270 e. The second-order valence-corrected chi connectivity index (χ2v) is 6.15. The van der Waals surface area contributed by atoms with Crippen molar-refractivity contribution in [2.24, 2.45) is 0 Å². The van der Waals surface area contributed by atoms with Crippen molar-refractivity contribution in [3.63, 3.8) is 0 Å². The van der Waals surface area contributed by atoms with Crippen LogP contribution in [0.3, 0.4) is 0 Å². The highest BCUT2D eigenvalue weighted by Crippen LogP contribution is 2.26. The summed E-state index contributed by atoms with van der Waals surface area (Å²) in [5.41, 5.74) is 2.26. The van der Waals surface area contributed by atoms with E-state index in [0.717, 1.165) is 5.69 Å². The van der Waals surface area contributed by atoms with Crippen LogP contribution in [0.25, 0.3) is 5.65 Å². The van der Waals surface area contributed by atoms with Crippen LogP contribution in [0.5, 0.6) is 0 Å². The number of anilines is 2. The molecule has 0 aliphatic heterocycles. The predicted molar refractivity (Wildman–Crippen MR) is 106 cm³/mol. The summed E-state index contributed by atoms with van der Waals surface area (Å²) >= 11 is 0. The third-order valence-corrected chi connectivity index (χ3v) is 4.39. The number of rotatable bonds is 3. The Morgan fingerprint density at radius 3 is 2.04 bits per heavy atom. The van der Waals surface area contributed by atoms with E-state index in [1.54, 1.807) is 6.07 Å². The lowest BCUT2D eigenvalue weighted by molar-refractivity contribution is 0.0997. The molecule has 0 bridgehead atoms. The Balaban J connectivity index is 1.91. The van der Waals surface area contributed by atoms with E-state index in [1.807, 2.05) is 79.7 Å². The molecule has 0 aliphatic rings. The fourth-order valence-electron chi connectivity index (χ4n) is 3.08. The van der Waals surface area contributed by atoms with Crippen molar-refractivity contribution < 1.29 is 4.79 Å². The van der Waals surface area contributed by atoms with Crippen LogP contribution in [-0.2, 0) is 0 Å². The maximum absolute atomic E-state index is 13.4. The highest BCUT2D eigenvalue weighted by Gasteiger charge is 2.23. The summed E-state index contributed by atoms with van der Waals surface area (Å²) in [7, 11) is 0. The molecule has 0 unspecified atom stereocenters. The van der Waals surface area contributed by atoms with Crippen LogP contribution < -0.4 is 10.5 Å². The molecule has 0 fully saturated rings. The van der Waals surface area contributed by atoms with E-state index in [9.17, 15) is 9.59 Å². The van der Waals surface area contributed by atoms with Gasteiger partial charge in [-0.3, -0.25) is 18.9 Å². The van der Waals surface area contributed by atoms with Crippen molar-refractivity contribution in [3.05, 3.63) is 107 Å². The molecule has 2 aromatic carbocycles. The minimum Gasteiger partial charge on any atom is -0.277 e. The lowest BCUT2D eigenvalue weighted by atomic mass is 10.2. The van der Waals surface area contributed by atoms with Crippen molar-refractivity contribution in [3.8, 4) is 0 Å². The molecular weight excluding hydrogens is 338 g/mol. The molecule has 2 aromatic heterocycles. The summed E-state index contributed by atoms with van der Waals surface area (Å²) in [6.45, 7) is 1.82. The molecule has 5 heteroatoms. The van der Waals surface area contributed by atoms with Crippen LogP contribution >= 0.6 is 0 Å². The Hall–Kier alpha value is -3.73. The van der Waals surface area contributed by atoms with Gasteiger partial charge >= 0.3 is 0 Å². The molecule has 2 heterocycles. The first-order chi connectivity index (χ1) is 13.2. The summed E-state index contributed by atoms with van der Waals surface area (Å²) in [4.78, 5) is 32.3. The predicted octanol–water partition coefficient (Wildman–Crippen LogP) is 3.98. The molecule has 5 nitrogen and oxygen atoms in total. The van der Waals surface area contributed by atoms with Crippen LogP contribution in [0.2, 0.25) is 0 Å². The first-order valence-corrected chi connectivity index (χ1v) is 8.59. The summed E-state index contributed by atoms with van der Waals surface area (Å²) in [6.07, 6.45) is 1.36. The normalized spacial score (nSPS) is 10.7. The van der Waals surface area contributed by atoms with Crippen LogP contribution in [0.1, 0.15) is 16.1 Å². The molecule has 0 aliphatic carbocycles. The standard InChI is InChI=1S/C22H17N3O2/c1-16-9-8-14-20-23-15-19(21(26)24(16)20)22(27)25(17-10-4-2-5-11-17)18-12-6-3-7-13-18/h2-15H,1H3. The molecule has 0 radical (unpaired) electrons. The largest absolute Gasteiger partial charge is 0.277 e. The van der Waals surface area contributed by atoms with Crippen LogP contribution in [0, 0.1) is 6.92 Å². The van der Waals surface area contributed by atoms with Gasteiger partial charge < -0.3 is 0 Å². The third-order valence-electron chi connectivity index (χ3n) is 4.39. The molecule has 0 saturated carbocycles. The van der Waals surface area contributed by atoms with E-state index >= 15 is 0 Å². The number of hydrogen-bond acceptors (Lipinski definition) is 3. The number of carbonyl (C=O) groups excluding carboxylic acids is 1. The number of fused-ring (bicyclic) bond motifs is 1. The second-order valence-electron chi connectivity index (χ2n) is 6.15. The number of para-hydroxylation sites is 2. The molecular formula is C22H17N3O2. The van der Waals surface area contributed by atoms with E-state index in [1.165, 1.54) is 15.5 Å². The fourth-order valence-corrected chi connectivity index (χ4v) is 3.08. The molecule has 27 heavy (non-hydrogen) atoms. The van der Waals surface area contributed by atoms with Gasteiger partial charge in [-0.05, 0) is 43.3 Å². The van der Waals surface area contributed by atoms with E-state index < -0.39 is 5.91 Å². The SMILES string of the molecule is Cc1cccc2ncc(C(=O)N(c3ccccc3)c3ccccc3)c(=O)n12. The highest BCUT2D eigenvalue weighted by atomic mass is 16.2. The Labute approximate surface area is 156 Å². The van der Waals surface area contributed by atoms with Gasteiger partial charge in [0.2, 0.25) is 0 Å². The zero-order valence-corrected chi connectivity index (χ0v) is 14.7. The summed E-state index contributed by atoms with van der Waals surface area (Å²) in [5.74, 6) is -0.414. The first-order valence-electron chi connectivity index (χ1n) is 8.59. The first kappa shape index (κ1) is 16.7. The van der Waals surface area contributed by atoms with Crippen LogP contribution in [0.15, 0.2) is 89.9 Å². The average Bonchev–Trinajstić information content (AvgIpc) is 2.70. The molecule has 132 valence electrons. The quantitative estimate of drug-likeness (QED) is 0.558. The van der Waals surface area contributed by atoms with Gasteiger partial charge in [0.1, 0.15) is 11.2 Å². The molecule has 1 amide bonds. The van der Waals surface area contributed by atoms with Gasteiger partial charge in [0.25, 0.3) is 11.5 Å². The number of nitrogens with zero attached hydrogens (tertiary/aromatic N) is 3. The zero-order chi connectivity index (χ0) is 18.8. The highest BCUT2D eigenvalue weighted by molar-refractivity contribution is 6.10.